The molecule has 45 heavy (non-hydrogen) atoms. The van der Waals surface area contributed by atoms with E-state index in [-0.39, 0.29) is 18.9 Å². The monoisotopic (exact) mass is 629 g/mol. The Hall–Kier alpha value is -4.17. The number of Topliss-reactive ketones (excluding diaryl/α,β-unsaturated/α-hetero) is 3. The lowest BCUT2D eigenvalue weighted by Crippen LogP contribution is -2.70. The highest BCUT2D eigenvalue weighted by Crippen LogP contribution is 2.37. The molecule has 0 bridgehead atoms. The molecule has 3 rings (SSSR count). The van der Waals surface area contributed by atoms with Crippen LogP contribution in [0.1, 0.15) is 69.7 Å². The number of ether oxygens (including phenoxy) is 1. The van der Waals surface area contributed by atoms with Crippen LogP contribution in [0, 0.1) is 0 Å². The van der Waals surface area contributed by atoms with Crippen LogP contribution in [0.25, 0.3) is 0 Å². The van der Waals surface area contributed by atoms with Gasteiger partial charge < -0.3 is 31.1 Å². The number of nitrogens with two attached hydrogens (primary N) is 1. The maximum absolute atomic E-state index is 14.1. The standard InChI is InChI=1S/C31H43N5O9/c1-18(2)36(30(43)44)31(24(37)17-23(45-4)26(31)39)25(38)22-14-10-16-35(22)29(42)19(3)34-28(41)21(32)13-8-9-15-33-27(40)20-11-6-5-7-12-20/h5-7,11-12,18-19,21-23H,8-10,13-17,32H2,1-4H3,(H,33,40)(H,34,41)(H,43,44)/t19-,21-,22+,23?,31?/m0/s1. The van der Waals surface area contributed by atoms with Gasteiger partial charge in [0.15, 0.2) is 11.6 Å². The molecule has 1 aliphatic heterocycles. The molecule has 1 aliphatic carbocycles. The van der Waals surface area contributed by atoms with E-state index >= 15 is 0 Å². The summed E-state index contributed by atoms with van der Waals surface area (Å²) < 4.78 is 5.12. The molecule has 1 saturated carbocycles. The van der Waals surface area contributed by atoms with Crippen molar-refractivity contribution in [2.24, 2.45) is 5.73 Å². The number of likely N-dealkylation sites (tertiary alicyclic amines) is 1. The summed E-state index contributed by atoms with van der Waals surface area (Å²) in [6.45, 7) is 4.84. The van der Waals surface area contributed by atoms with Gasteiger partial charge in [0.05, 0.1) is 12.1 Å². The quantitative estimate of drug-likeness (QED) is 0.167. The minimum absolute atomic E-state index is 0.108. The third-order valence-corrected chi connectivity index (χ3v) is 8.32. The van der Waals surface area contributed by atoms with Crippen LogP contribution in [-0.2, 0) is 28.7 Å². The Bertz CT molecular complexity index is 1300. The number of carbonyl (C=O) groups excluding carboxylic acids is 6. The fourth-order valence-corrected chi connectivity index (χ4v) is 6.04. The minimum atomic E-state index is -2.65. The third-order valence-electron chi connectivity index (χ3n) is 8.32. The molecule has 14 nitrogen and oxygen atoms in total. The van der Waals surface area contributed by atoms with E-state index in [2.05, 4.69) is 10.6 Å². The summed E-state index contributed by atoms with van der Waals surface area (Å²) in [5, 5.41) is 15.4. The molecular formula is C31H43N5O9. The number of amides is 4. The topological polar surface area (TPSA) is 206 Å². The first-order chi connectivity index (χ1) is 21.3. The van der Waals surface area contributed by atoms with Gasteiger partial charge in [0.25, 0.3) is 5.91 Å². The summed E-state index contributed by atoms with van der Waals surface area (Å²) in [6, 6.07) is 4.56. The second kappa shape index (κ2) is 15.2. The molecule has 246 valence electrons. The molecule has 2 fully saturated rings. The largest absolute Gasteiger partial charge is 0.465 e. The third kappa shape index (κ3) is 7.39. The van der Waals surface area contributed by atoms with E-state index < -0.39 is 77.5 Å². The molecule has 0 spiro atoms. The second-order valence-corrected chi connectivity index (χ2v) is 11.7. The van der Waals surface area contributed by atoms with E-state index in [1.165, 1.54) is 32.8 Å². The predicted molar refractivity (Wildman–Crippen MR) is 161 cm³/mol. The van der Waals surface area contributed by atoms with E-state index in [1.54, 1.807) is 24.3 Å². The van der Waals surface area contributed by atoms with Crippen molar-refractivity contribution in [3.05, 3.63) is 35.9 Å². The number of hydrogen-bond donors (Lipinski definition) is 4. The average molecular weight is 630 g/mol. The first-order valence-electron chi connectivity index (χ1n) is 15.2. The molecule has 1 heterocycles. The first-order valence-corrected chi connectivity index (χ1v) is 15.2. The zero-order valence-electron chi connectivity index (χ0n) is 26.1. The Balaban J connectivity index is 1.63. The summed E-state index contributed by atoms with van der Waals surface area (Å²) in [6.07, 6.45) is -1.50. The van der Waals surface area contributed by atoms with Crippen molar-refractivity contribution in [2.45, 2.75) is 95.1 Å². The Kier molecular flexibility index (Phi) is 11.9. The second-order valence-electron chi connectivity index (χ2n) is 11.7. The van der Waals surface area contributed by atoms with E-state index in [4.69, 9.17) is 10.5 Å². The number of rotatable bonds is 14. The van der Waals surface area contributed by atoms with Crippen LogP contribution >= 0.6 is 0 Å². The maximum atomic E-state index is 14.1. The smallest absolute Gasteiger partial charge is 0.409 e. The number of carboxylic acid groups (broad SMARTS) is 1. The highest BCUT2D eigenvalue weighted by molar-refractivity contribution is 6.36. The van der Waals surface area contributed by atoms with Crippen molar-refractivity contribution in [3.63, 3.8) is 0 Å². The first kappa shape index (κ1) is 35.3. The summed E-state index contributed by atoms with van der Waals surface area (Å²) in [4.78, 5) is 93.5. The number of methoxy groups -OCH3 is 1. The van der Waals surface area contributed by atoms with Crippen LogP contribution in [-0.4, -0.2) is 112 Å². The van der Waals surface area contributed by atoms with Gasteiger partial charge >= 0.3 is 6.09 Å². The van der Waals surface area contributed by atoms with Crippen molar-refractivity contribution >= 4 is 41.2 Å². The lowest BCUT2D eigenvalue weighted by Gasteiger charge is -2.41. The van der Waals surface area contributed by atoms with Gasteiger partial charge in [0.2, 0.25) is 23.1 Å². The van der Waals surface area contributed by atoms with Gasteiger partial charge in [-0.1, -0.05) is 18.2 Å². The average Bonchev–Trinajstić information content (AvgIpc) is 3.59. The minimum Gasteiger partial charge on any atom is -0.465 e. The fourth-order valence-electron chi connectivity index (χ4n) is 6.04. The summed E-state index contributed by atoms with van der Waals surface area (Å²) in [5.41, 5.74) is 3.94. The molecule has 5 N–H and O–H groups in total. The molecule has 1 saturated heterocycles. The normalized spacial score (nSPS) is 22.7. The van der Waals surface area contributed by atoms with Crippen molar-refractivity contribution in [2.75, 3.05) is 20.2 Å². The Labute approximate surface area is 262 Å². The molecule has 1 aromatic carbocycles. The van der Waals surface area contributed by atoms with Crippen LogP contribution in [0.15, 0.2) is 30.3 Å². The highest BCUT2D eigenvalue weighted by Gasteiger charge is 2.67. The maximum Gasteiger partial charge on any atom is 0.409 e. The molecule has 2 unspecified atom stereocenters. The van der Waals surface area contributed by atoms with Crippen molar-refractivity contribution in [1.82, 2.24) is 20.4 Å². The Morgan fingerprint density at radius 2 is 1.78 bits per heavy atom. The van der Waals surface area contributed by atoms with Crippen molar-refractivity contribution in [1.29, 1.82) is 0 Å². The summed E-state index contributed by atoms with van der Waals surface area (Å²) in [7, 11) is 1.20. The zero-order valence-corrected chi connectivity index (χ0v) is 26.1. The Morgan fingerprint density at radius 3 is 2.36 bits per heavy atom. The van der Waals surface area contributed by atoms with E-state index in [0.29, 0.717) is 42.7 Å². The molecule has 1 aromatic rings. The van der Waals surface area contributed by atoms with Gasteiger partial charge in [-0.05, 0) is 65.0 Å². The van der Waals surface area contributed by atoms with Crippen LogP contribution in [0.3, 0.4) is 0 Å². The fraction of sp³-hybridized carbons (Fsp3) is 0.581. The van der Waals surface area contributed by atoms with E-state index in [0.717, 1.165) is 0 Å². The summed E-state index contributed by atoms with van der Waals surface area (Å²) >= 11 is 0. The van der Waals surface area contributed by atoms with Crippen LogP contribution in [0.2, 0.25) is 0 Å². The van der Waals surface area contributed by atoms with Gasteiger partial charge in [0, 0.05) is 38.2 Å². The highest BCUT2D eigenvalue weighted by atomic mass is 16.5. The summed E-state index contributed by atoms with van der Waals surface area (Å²) in [5.74, 6) is -4.27. The van der Waals surface area contributed by atoms with Crippen LogP contribution < -0.4 is 16.4 Å². The van der Waals surface area contributed by atoms with Crippen LogP contribution in [0.5, 0.6) is 0 Å². The molecular weight excluding hydrogens is 586 g/mol. The number of hydrogen-bond acceptors (Lipinski definition) is 9. The molecule has 0 aromatic heterocycles. The number of nitrogens with one attached hydrogen (secondary N) is 2. The van der Waals surface area contributed by atoms with Gasteiger partial charge in [0.1, 0.15) is 12.1 Å². The number of unbranched alkanes of at least 4 members (excludes halogenated alkanes) is 1. The lowest BCUT2D eigenvalue weighted by molar-refractivity contribution is -0.154. The molecule has 2 aliphatic rings. The zero-order chi connectivity index (χ0) is 33.5. The number of carbonyl (C=O) groups is 7. The van der Waals surface area contributed by atoms with Gasteiger partial charge in [-0.3, -0.25) is 33.7 Å². The van der Waals surface area contributed by atoms with Crippen molar-refractivity contribution in [3.8, 4) is 0 Å². The van der Waals surface area contributed by atoms with E-state index in [1.807, 2.05) is 6.07 Å². The van der Waals surface area contributed by atoms with Gasteiger partial charge in [-0.2, -0.15) is 0 Å². The number of nitrogens with zero attached hydrogens (tertiary/aromatic N) is 2. The van der Waals surface area contributed by atoms with Gasteiger partial charge in [-0.15, -0.1) is 0 Å². The SMILES string of the molecule is COC1CC(=O)C(C(=O)[C@H]2CCCN2C(=O)[C@H](C)NC(=O)[C@@H](N)CCCCNC(=O)c2ccccc2)(N(C(=O)O)C(C)C)C1=O. The van der Waals surface area contributed by atoms with Gasteiger partial charge in [-0.25, -0.2) is 4.79 Å². The number of benzene rings is 1. The molecule has 14 heteroatoms. The molecule has 5 atom stereocenters. The van der Waals surface area contributed by atoms with E-state index in [9.17, 15) is 38.7 Å². The lowest BCUT2D eigenvalue weighted by atomic mass is 9.82. The van der Waals surface area contributed by atoms with Crippen molar-refractivity contribution < 1.29 is 43.4 Å². The van der Waals surface area contributed by atoms with Crippen LogP contribution in [0.4, 0.5) is 4.79 Å². The molecule has 4 amide bonds. The Morgan fingerprint density at radius 1 is 1.11 bits per heavy atom. The molecule has 0 radical (unpaired) electrons. The number of ketones is 3. The predicted octanol–water partition coefficient (Wildman–Crippen LogP) is 0.663.